The molecule has 0 spiro atoms. The van der Waals surface area contributed by atoms with Crippen molar-refractivity contribution < 1.29 is 18.6 Å². The van der Waals surface area contributed by atoms with Gasteiger partial charge in [0, 0.05) is 0 Å². The van der Waals surface area contributed by atoms with E-state index >= 15 is 0 Å². The first-order valence-corrected chi connectivity index (χ1v) is 2.81. The monoisotopic (exact) mass is 152 g/mol. The molecule has 0 aromatic carbocycles. The first-order chi connectivity index (χ1) is 4.57. The highest BCUT2D eigenvalue weighted by atomic mass is 19.2. The Kier molecular flexibility index (Phi) is 3.76. The lowest BCUT2D eigenvalue weighted by molar-refractivity contribution is -0.0157. The maximum atomic E-state index is 12.0. The van der Waals surface area contributed by atoms with E-state index in [0.29, 0.717) is 0 Å². The topological polar surface area (TPSA) is 29.5 Å². The van der Waals surface area contributed by atoms with Crippen molar-refractivity contribution in [3.63, 3.8) is 0 Å². The summed E-state index contributed by atoms with van der Waals surface area (Å²) in [4.78, 5) is 0. The highest BCUT2D eigenvalue weighted by Gasteiger charge is 2.07. The minimum absolute atomic E-state index is 0.00477. The van der Waals surface area contributed by atoms with E-state index in [4.69, 9.17) is 5.11 Å². The summed E-state index contributed by atoms with van der Waals surface area (Å²) in [6, 6.07) is 0. The van der Waals surface area contributed by atoms with Crippen LogP contribution in [0.1, 0.15) is 13.8 Å². The van der Waals surface area contributed by atoms with Crippen molar-refractivity contribution in [3.8, 4) is 0 Å². The van der Waals surface area contributed by atoms with E-state index in [1.54, 1.807) is 0 Å². The van der Waals surface area contributed by atoms with E-state index in [1.807, 2.05) is 0 Å². The van der Waals surface area contributed by atoms with Crippen LogP contribution in [0.2, 0.25) is 0 Å². The van der Waals surface area contributed by atoms with E-state index in [-0.39, 0.29) is 11.5 Å². The van der Waals surface area contributed by atoms with Crippen molar-refractivity contribution in [1.29, 1.82) is 0 Å². The second kappa shape index (κ2) is 4.09. The molecule has 0 rings (SSSR count). The molecular weight excluding hydrogens is 142 g/mol. The Morgan fingerprint density at radius 3 is 2.40 bits per heavy atom. The third-order valence-electron chi connectivity index (χ3n) is 0.935. The molecular formula is C6H10F2O2. The normalized spacial score (nSPS) is 16.0. The van der Waals surface area contributed by atoms with Gasteiger partial charge in [-0.05, 0) is 13.8 Å². The standard InChI is InChI=1S/C6H10F2O2/c1-4(9)5(2)10-6(8)3-7/h6,9H,3H2,1-2H3/b5-4-/t6-/m0/s1. The van der Waals surface area contributed by atoms with E-state index in [2.05, 4.69) is 4.74 Å². The van der Waals surface area contributed by atoms with E-state index in [1.165, 1.54) is 13.8 Å². The van der Waals surface area contributed by atoms with Gasteiger partial charge in [-0.1, -0.05) is 0 Å². The first kappa shape index (κ1) is 9.20. The molecule has 1 atom stereocenters. The van der Waals surface area contributed by atoms with Crippen LogP contribution in [0.5, 0.6) is 0 Å². The molecule has 0 fully saturated rings. The summed E-state index contributed by atoms with van der Waals surface area (Å²) < 4.78 is 27.7. The molecule has 60 valence electrons. The SMILES string of the molecule is C/C(O)=C(\C)O[C@H](F)CF. The zero-order valence-electron chi connectivity index (χ0n) is 5.90. The summed E-state index contributed by atoms with van der Waals surface area (Å²) in [5.74, 6) is -0.138. The summed E-state index contributed by atoms with van der Waals surface area (Å²) in [6.07, 6.45) is -1.97. The van der Waals surface area contributed by atoms with E-state index in [0.717, 1.165) is 0 Å². The van der Waals surface area contributed by atoms with Gasteiger partial charge in [-0.2, -0.15) is 4.39 Å². The average molecular weight is 152 g/mol. The fraction of sp³-hybridized carbons (Fsp3) is 0.667. The van der Waals surface area contributed by atoms with Gasteiger partial charge in [-0.15, -0.1) is 0 Å². The number of allylic oxidation sites excluding steroid dienone is 2. The number of hydrogen-bond donors (Lipinski definition) is 1. The van der Waals surface area contributed by atoms with Gasteiger partial charge < -0.3 is 9.84 Å². The Balaban J connectivity index is 3.79. The van der Waals surface area contributed by atoms with Gasteiger partial charge in [-0.3, -0.25) is 0 Å². The van der Waals surface area contributed by atoms with Crippen LogP contribution in [0.15, 0.2) is 11.5 Å². The van der Waals surface area contributed by atoms with Crippen molar-refractivity contribution in [1.82, 2.24) is 0 Å². The molecule has 0 aliphatic rings. The van der Waals surface area contributed by atoms with Crippen molar-refractivity contribution in [2.75, 3.05) is 6.67 Å². The number of rotatable bonds is 3. The fourth-order valence-corrected chi connectivity index (χ4v) is 0.309. The third-order valence-corrected chi connectivity index (χ3v) is 0.935. The molecule has 0 saturated heterocycles. The molecule has 1 N–H and O–H groups in total. The Morgan fingerprint density at radius 2 is 2.10 bits per heavy atom. The van der Waals surface area contributed by atoms with Crippen molar-refractivity contribution >= 4 is 0 Å². The van der Waals surface area contributed by atoms with Gasteiger partial charge in [0.05, 0.1) is 0 Å². The van der Waals surface area contributed by atoms with Crippen LogP contribution < -0.4 is 0 Å². The molecule has 0 heterocycles. The van der Waals surface area contributed by atoms with Crippen LogP contribution in [0, 0.1) is 0 Å². The summed E-state index contributed by atoms with van der Waals surface area (Å²) >= 11 is 0. The van der Waals surface area contributed by atoms with Gasteiger partial charge in [-0.25, -0.2) is 4.39 Å². The zero-order valence-corrected chi connectivity index (χ0v) is 5.90. The van der Waals surface area contributed by atoms with Crippen LogP contribution in [0.4, 0.5) is 8.78 Å². The number of aliphatic hydroxyl groups excluding tert-OH is 1. The first-order valence-electron chi connectivity index (χ1n) is 2.81. The molecule has 0 amide bonds. The molecule has 2 nitrogen and oxygen atoms in total. The smallest absolute Gasteiger partial charge is 0.266 e. The Labute approximate surface area is 58.1 Å². The Bertz CT molecular complexity index is 130. The summed E-state index contributed by atoms with van der Waals surface area (Å²) in [7, 11) is 0. The Morgan fingerprint density at radius 1 is 1.60 bits per heavy atom. The van der Waals surface area contributed by atoms with Crippen LogP contribution in [0.25, 0.3) is 0 Å². The zero-order chi connectivity index (χ0) is 8.15. The second-order valence-corrected chi connectivity index (χ2v) is 1.82. The number of hydrogen-bond acceptors (Lipinski definition) is 2. The Hall–Kier alpha value is -0.800. The highest BCUT2D eigenvalue weighted by Crippen LogP contribution is 2.06. The second-order valence-electron chi connectivity index (χ2n) is 1.82. The summed E-state index contributed by atoms with van der Waals surface area (Å²) in [5, 5.41) is 8.63. The highest BCUT2D eigenvalue weighted by molar-refractivity contribution is 4.92. The molecule has 0 aliphatic heterocycles. The molecule has 0 aromatic rings. The lowest BCUT2D eigenvalue weighted by Gasteiger charge is -2.07. The van der Waals surface area contributed by atoms with Crippen LogP contribution in [-0.4, -0.2) is 18.1 Å². The van der Waals surface area contributed by atoms with Gasteiger partial charge in [0.15, 0.2) is 6.67 Å². The molecule has 4 heteroatoms. The van der Waals surface area contributed by atoms with Gasteiger partial charge >= 0.3 is 0 Å². The minimum atomic E-state index is -1.97. The van der Waals surface area contributed by atoms with Crippen molar-refractivity contribution in [2.45, 2.75) is 20.2 Å². The summed E-state index contributed by atoms with van der Waals surface area (Å²) in [6.45, 7) is 1.49. The van der Waals surface area contributed by atoms with Crippen LogP contribution in [-0.2, 0) is 4.74 Å². The van der Waals surface area contributed by atoms with Crippen LogP contribution in [0.3, 0.4) is 0 Å². The predicted molar refractivity (Wildman–Crippen MR) is 33.0 cm³/mol. The molecule has 0 radical (unpaired) electrons. The lowest BCUT2D eigenvalue weighted by Crippen LogP contribution is -2.07. The van der Waals surface area contributed by atoms with Crippen molar-refractivity contribution in [3.05, 3.63) is 11.5 Å². The molecule has 10 heavy (non-hydrogen) atoms. The molecule has 0 bridgehead atoms. The minimum Gasteiger partial charge on any atom is -0.509 e. The maximum absolute atomic E-state index is 12.0. The van der Waals surface area contributed by atoms with Gasteiger partial charge in [0.2, 0.25) is 0 Å². The molecule has 0 aromatic heterocycles. The summed E-state index contributed by atoms with van der Waals surface area (Å²) in [5.41, 5.74) is 0. The van der Waals surface area contributed by atoms with E-state index < -0.39 is 13.0 Å². The van der Waals surface area contributed by atoms with Crippen LogP contribution >= 0.6 is 0 Å². The number of alkyl halides is 2. The van der Waals surface area contributed by atoms with E-state index in [9.17, 15) is 8.78 Å². The largest absolute Gasteiger partial charge is 0.509 e. The number of halogens is 2. The maximum Gasteiger partial charge on any atom is 0.266 e. The van der Waals surface area contributed by atoms with Crippen molar-refractivity contribution in [2.24, 2.45) is 0 Å². The lowest BCUT2D eigenvalue weighted by atomic mass is 10.5. The molecule has 0 aliphatic carbocycles. The quantitative estimate of drug-likeness (QED) is 0.627. The van der Waals surface area contributed by atoms with Gasteiger partial charge in [0.25, 0.3) is 6.36 Å². The fourth-order valence-electron chi connectivity index (χ4n) is 0.309. The number of aliphatic hydroxyl groups is 1. The third kappa shape index (κ3) is 3.27. The molecule has 0 saturated carbocycles. The predicted octanol–water partition coefficient (Wildman–Crippen LogP) is 2.08. The average Bonchev–Trinajstić information content (AvgIpc) is 1.87. The molecule has 0 unspecified atom stereocenters. The number of ether oxygens (including phenoxy) is 1. The van der Waals surface area contributed by atoms with Gasteiger partial charge in [0.1, 0.15) is 11.5 Å².